The van der Waals surface area contributed by atoms with Gasteiger partial charge in [0.2, 0.25) is 5.91 Å². The maximum absolute atomic E-state index is 14.2. The van der Waals surface area contributed by atoms with Crippen molar-refractivity contribution in [1.29, 1.82) is 0 Å². The molecule has 1 unspecified atom stereocenters. The van der Waals surface area contributed by atoms with Crippen LogP contribution < -0.4 is 10.5 Å². The number of aromatic nitrogens is 3. The Bertz CT molecular complexity index is 1540. The van der Waals surface area contributed by atoms with E-state index in [1.54, 1.807) is 36.7 Å². The fourth-order valence-corrected chi connectivity index (χ4v) is 6.14. The zero-order valence-electron chi connectivity index (χ0n) is 21.4. The van der Waals surface area contributed by atoms with E-state index in [0.29, 0.717) is 29.7 Å². The Balaban J connectivity index is 1.45. The summed E-state index contributed by atoms with van der Waals surface area (Å²) >= 11 is 0. The molecule has 2 aromatic carbocycles. The van der Waals surface area contributed by atoms with Gasteiger partial charge in [-0.1, -0.05) is 36.4 Å². The van der Waals surface area contributed by atoms with E-state index < -0.39 is 12.1 Å². The van der Waals surface area contributed by atoms with E-state index in [-0.39, 0.29) is 40.6 Å². The molecule has 1 amide bonds. The van der Waals surface area contributed by atoms with E-state index in [4.69, 9.17) is 15.5 Å². The summed E-state index contributed by atoms with van der Waals surface area (Å²) in [6.07, 6.45) is 2.12. The van der Waals surface area contributed by atoms with Gasteiger partial charge in [0.05, 0.1) is 7.11 Å². The molecule has 6 rings (SSSR count). The van der Waals surface area contributed by atoms with Gasteiger partial charge in [-0.15, -0.1) is 0 Å². The number of rotatable bonds is 5. The molecular formula is C29H28F3N5O2. The second-order valence-electron chi connectivity index (χ2n) is 10.2. The lowest BCUT2D eigenvalue weighted by atomic mass is 9.89. The minimum absolute atomic E-state index is 0.00990. The molecule has 0 bridgehead atoms. The third kappa shape index (κ3) is 4.37. The number of carbonyl (C=O) groups excluding carboxylic acids is 1. The maximum atomic E-state index is 14.2. The van der Waals surface area contributed by atoms with E-state index in [0.717, 1.165) is 25.1 Å². The molecular weight excluding hydrogens is 507 g/mol. The SMILES string of the molecule is COc1cc(C(c2ccccc2)C(F)(F)F)ccc1-c1nc([C@@H]2CC[C@H]3CCC(=O)N3C2)n2ccnc(N)c12. The summed E-state index contributed by atoms with van der Waals surface area (Å²) in [5.41, 5.74) is 8.10. The van der Waals surface area contributed by atoms with Crippen molar-refractivity contribution in [1.82, 2.24) is 19.3 Å². The number of alkyl halides is 3. The van der Waals surface area contributed by atoms with Crippen LogP contribution in [0, 0.1) is 0 Å². The Morgan fingerprint density at radius 2 is 1.87 bits per heavy atom. The highest BCUT2D eigenvalue weighted by atomic mass is 19.4. The topological polar surface area (TPSA) is 85.8 Å². The molecule has 2 fully saturated rings. The first-order valence-electron chi connectivity index (χ1n) is 13.0. The molecule has 202 valence electrons. The van der Waals surface area contributed by atoms with Crippen molar-refractivity contribution in [2.75, 3.05) is 19.4 Å². The first-order chi connectivity index (χ1) is 18.8. The summed E-state index contributed by atoms with van der Waals surface area (Å²) in [4.78, 5) is 23.6. The number of piperidine rings is 1. The molecule has 0 saturated carbocycles. The normalized spacial score (nSPS) is 20.3. The fraction of sp³-hybridized carbons (Fsp3) is 0.345. The maximum Gasteiger partial charge on any atom is 0.399 e. The summed E-state index contributed by atoms with van der Waals surface area (Å²) in [6.45, 7) is 0.574. The van der Waals surface area contributed by atoms with Gasteiger partial charge < -0.3 is 15.4 Å². The van der Waals surface area contributed by atoms with Gasteiger partial charge >= 0.3 is 6.18 Å². The highest BCUT2D eigenvalue weighted by Gasteiger charge is 2.42. The van der Waals surface area contributed by atoms with Gasteiger partial charge in [-0.25, -0.2) is 9.97 Å². The molecule has 3 atom stereocenters. The van der Waals surface area contributed by atoms with Gasteiger partial charge in [0.25, 0.3) is 0 Å². The Morgan fingerprint density at radius 1 is 1.08 bits per heavy atom. The molecule has 2 aromatic heterocycles. The molecule has 39 heavy (non-hydrogen) atoms. The zero-order chi connectivity index (χ0) is 27.3. The lowest BCUT2D eigenvalue weighted by molar-refractivity contribution is -0.141. The molecule has 7 nitrogen and oxygen atoms in total. The molecule has 4 heterocycles. The van der Waals surface area contributed by atoms with E-state index >= 15 is 0 Å². The Hall–Kier alpha value is -4.08. The molecule has 2 saturated heterocycles. The van der Waals surface area contributed by atoms with Crippen LogP contribution in [0.3, 0.4) is 0 Å². The fourth-order valence-electron chi connectivity index (χ4n) is 6.14. The number of fused-ring (bicyclic) bond motifs is 2. The third-order valence-corrected chi connectivity index (χ3v) is 7.97. The number of nitrogens with two attached hydrogens (primary N) is 1. The second-order valence-corrected chi connectivity index (χ2v) is 10.2. The number of hydrogen-bond acceptors (Lipinski definition) is 5. The van der Waals surface area contributed by atoms with E-state index in [9.17, 15) is 18.0 Å². The monoisotopic (exact) mass is 535 g/mol. The van der Waals surface area contributed by atoms with Crippen LogP contribution >= 0.6 is 0 Å². The lowest BCUT2D eigenvalue weighted by Gasteiger charge is -2.34. The smallest absolute Gasteiger partial charge is 0.399 e. The van der Waals surface area contributed by atoms with Gasteiger partial charge in [0.1, 0.15) is 34.5 Å². The van der Waals surface area contributed by atoms with Crippen LogP contribution in [0.5, 0.6) is 5.75 Å². The Labute approximate surface area is 223 Å². The van der Waals surface area contributed by atoms with Crippen molar-refractivity contribution in [3.63, 3.8) is 0 Å². The zero-order valence-corrected chi connectivity index (χ0v) is 21.4. The van der Waals surface area contributed by atoms with Crippen molar-refractivity contribution in [3.05, 3.63) is 77.9 Å². The average Bonchev–Trinajstić information content (AvgIpc) is 3.50. The van der Waals surface area contributed by atoms with Crippen molar-refractivity contribution < 1.29 is 22.7 Å². The second kappa shape index (κ2) is 9.59. The van der Waals surface area contributed by atoms with Crippen LogP contribution in [0.2, 0.25) is 0 Å². The first kappa shape index (κ1) is 25.2. The van der Waals surface area contributed by atoms with Crippen molar-refractivity contribution in [3.8, 4) is 17.0 Å². The predicted octanol–water partition coefficient (Wildman–Crippen LogP) is 5.55. The first-order valence-corrected chi connectivity index (χ1v) is 13.0. The number of nitrogens with zero attached hydrogens (tertiary/aromatic N) is 4. The number of halogens is 3. The highest BCUT2D eigenvalue weighted by Crippen LogP contribution is 2.44. The summed E-state index contributed by atoms with van der Waals surface area (Å²) in [7, 11) is 1.43. The van der Waals surface area contributed by atoms with Crippen LogP contribution in [-0.4, -0.2) is 51.0 Å². The number of imidazole rings is 1. The van der Waals surface area contributed by atoms with Crippen molar-refractivity contribution >= 4 is 17.2 Å². The van der Waals surface area contributed by atoms with E-state index in [1.165, 1.54) is 31.4 Å². The van der Waals surface area contributed by atoms with Gasteiger partial charge in [-0.05, 0) is 42.5 Å². The number of anilines is 1. The van der Waals surface area contributed by atoms with Crippen LogP contribution in [0.15, 0.2) is 60.9 Å². The quantitative estimate of drug-likeness (QED) is 0.362. The molecule has 0 radical (unpaired) electrons. The standard InChI is InChI=1S/C29H28F3N5O2/c1-39-22-15-18(24(29(30,31)32)17-5-3-2-4-6-17)8-11-21(22)25-26-27(33)34-13-14-36(26)28(35-25)19-7-9-20-10-12-23(38)37(20)16-19/h2-6,8,11,13-15,19-20,24H,7,9-10,12,16H2,1H3,(H2,33,34)/t19-,20+,24?/m1/s1. The molecule has 2 aliphatic rings. The van der Waals surface area contributed by atoms with Gasteiger partial charge in [0, 0.05) is 42.9 Å². The van der Waals surface area contributed by atoms with Crippen LogP contribution in [0.25, 0.3) is 16.8 Å². The number of methoxy groups -OCH3 is 1. The third-order valence-electron chi connectivity index (χ3n) is 7.97. The highest BCUT2D eigenvalue weighted by molar-refractivity contribution is 5.88. The summed E-state index contributed by atoms with van der Waals surface area (Å²) in [6, 6.07) is 12.6. The van der Waals surface area contributed by atoms with Crippen LogP contribution in [-0.2, 0) is 4.79 Å². The Morgan fingerprint density at radius 3 is 2.62 bits per heavy atom. The molecule has 10 heteroatoms. The molecule has 2 N–H and O–H groups in total. The summed E-state index contributed by atoms with van der Waals surface area (Å²) < 4.78 is 50.2. The number of amides is 1. The number of hydrogen-bond donors (Lipinski definition) is 1. The average molecular weight is 536 g/mol. The number of ether oxygens (including phenoxy) is 1. The lowest BCUT2D eigenvalue weighted by Crippen LogP contribution is -2.41. The molecule has 0 spiro atoms. The molecule has 0 aliphatic carbocycles. The van der Waals surface area contributed by atoms with Crippen LogP contribution in [0.4, 0.5) is 19.0 Å². The summed E-state index contributed by atoms with van der Waals surface area (Å²) in [5.74, 6) is -0.399. The van der Waals surface area contributed by atoms with Crippen molar-refractivity contribution in [2.45, 2.75) is 49.7 Å². The van der Waals surface area contributed by atoms with Gasteiger partial charge in [-0.3, -0.25) is 9.20 Å². The largest absolute Gasteiger partial charge is 0.496 e. The van der Waals surface area contributed by atoms with Gasteiger partial charge in [0.15, 0.2) is 0 Å². The number of carbonyl (C=O) groups is 1. The van der Waals surface area contributed by atoms with Crippen molar-refractivity contribution in [2.24, 2.45) is 0 Å². The predicted molar refractivity (Wildman–Crippen MR) is 140 cm³/mol. The Kier molecular flexibility index (Phi) is 6.20. The molecule has 4 aromatic rings. The minimum Gasteiger partial charge on any atom is -0.496 e. The minimum atomic E-state index is -4.50. The van der Waals surface area contributed by atoms with E-state index in [1.807, 2.05) is 9.30 Å². The van der Waals surface area contributed by atoms with Gasteiger partial charge in [-0.2, -0.15) is 13.2 Å². The number of benzene rings is 2. The van der Waals surface area contributed by atoms with E-state index in [2.05, 4.69) is 4.98 Å². The van der Waals surface area contributed by atoms with Crippen LogP contribution in [0.1, 0.15) is 54.5 Å². The number of nitrogen functional groups attached to an aromatic ring is 1. The summed E-state index contributed by atoms with van der Waals surface area (Å²) in [5, 5.41) is 0. The molecule has 2 aliphatic heterocycles.